The molecule has 0 radical (unpaired) electrons. The standard InChI is InChI=1S/C10H18N2O4/c1-11-6-8(10(14)15)12(7-9(11)13)4-3-5-16-2/h8H,3-7H2,1-2H3,(H,14,15). The van der Waals surface area contributed by atoms with Gasteiger partial charge < -0.3 is 14.7 Å². The van der Waals surface area contributed by atoms with E-state index in [1.807, 2.05) is 0 Å². The minimum atomic E-state index is -0.878. The minimum Gasteiger partial charge on any atom is -0.480 e. The molecule has 6 heteroatoms. The molecule has 1 unspecified atom stereocenters. The molecule has 1 aliphatic rings. The van der Waals surface area contributed by atoms with Crippen molar-refractivity contribution in [2.75, 3.05) is 40.4 Å². The molecule has 0 aromatic heterocycles. The van der Waals surface area contributed by atoms with E-state index in [0.29, 0.717) is 13.2 Å². The Labute approximate surface area is 94.8 Å². The van der Waals surface area contributed by atoms with Crippen molar-refractivity contribution in [3.63, 3.8) is 0 Å². The number of carbonyl (C=O) groups excluding carboxylic acids is 1. The Morgan fingerprint density at radius 3 is 2.88 bits per heavy atom. The van der Waals surface area contributed by atoms with Crippen molar-refractivity contribution >= 4 is 11.9 Å². The molecular weight excluding hydrogens is 212 g/mol. The Morgan fingerprint density at radius 1 is 1.62 bits per heavy atom. The molecule has 0 aromatic rings. The zero-order chi connectivity index (χ0) is 12.1. The quantitative estimate of drug-likeness (QED) is 0.629. The number of nitrogens with zero attached hydrogens (tertiary/aromatic N) is 2. The topological polar surface area (TPSA) is 70.1 Å². The lowest BCUT2D eigenvalue weighted by Crippen LogP contribution is -2.58. The summed E-state index contributed by atoms with van der Waals surface area (Å²) >= 11 is 0. The number of amides is 1. The summed E-state index contributed by atoms with van der Waals surface area (Å²) < 4.78 is 4.91. The first kappa shape index (κ1) is 12.9. The average Bonchev–Trinajstić information content (AvgIpc) is 2.23. The average molecular weight is 230 g/mol. The summed E-state index contributed by atoms with van der Waals surface area (Å²) in [6, 6.07) is -0.598. The van der Waals surface area contributed by atoms with Gasteiger partial charge in [-0.1, -0.05) is 0 Å². The first-order valence-corrected chi connectivity index (χ1v) is 5.26. The van der Waals surface area contributed by atoms with Gasteiger partial charge >= 0.3 is 5.97 Å². The third-order valence-corrected chi connectivity index (χ3v) is 2.73. The molecule has 1 N–H and O–H groups in total. The number of hydrogen-bond acceptors (Lipinski definition) is 4. The number of methoxy groups -OCH3 is 1. The number of carboxylic acids is 1. The van der Waals surface area contributed by atoms with Crippen molar-refractivity contribution in [3.05, 3.63) is 0 Å². The van der Waals surface area contributed by atoms with Crippen molar-refractivity contribution in [2.24, 2.45) is 0 Å². The maximum Gasteiger partial charge on any atom is 0.322 e. The Bertz CT molecular complexity index is 270. The van der Waals surface area contributed by atoms with Gasteiger partial charge in [0.15, 0.2) is 0 Å². The van der Waals surface area contributed by atoms with Crippen molar-refractivity contribution in [2.45, 2.75) is 12.5 Å². The summed E-state index contributed by atoms with van der Waals surface area (Å²) in [5.74, 6) is -0.910. The molecule has 1 fully saturated rings. The number of carboxylic acid groups (broad SMARTS) is 1. The SMILES string of the molecule is COCCCN1CC(=O)N(C)CC1C(=O)O. The maximum atomic E-state index is 11.5. The molecule has 0 aliphatic carbocycles. The second kappa shape index (κ2) is 5.81. The van der Waals surface area contributed by atoms with Crippen LogP contribution in [0.3, 0.4) is 0 Å². The second-order valence-corrected chi connectivity index (χ2v) is 3.95. The zero-order valence-corrected chi connectivity index (χ0v) is 9.68. The molecule has 1 heterocycles. The smallest absolute Gasteiger partial charge is 0.322 e. The largest absolute Gasteiger partial charge is 0.480 e. The Hall–Kier alpha value is -1.14. The number of ether oxygens (including phenoxy) is 1. The molecule has 0 bridgehead atoms. The normalized spacial score (nSPS) is 22.5. The Kier molecular flexibility index (Phi) is 4.70. The van der Waals surface area contributed by atoms with Gasteiger partial charge in [-0.3, -0.25) is 14.5 Å². The van der Waals surface area contributed by atoms with Crippen LogP contribution in [-0.4, -0.2) is 73.2 Å². The van der Waals surface area contributed by atoms with Crippen LogP contribution in [0.1, 0.15) is 6.42 Å². The van der Waals surface area contributed by atoms with Crippen LogP contribution in [0.2, 0.25) is 0 Å². The van der Waals surface area contributed by atoms with Gasteiger partial charge in [0, 0.05) is 33.9 Å². The lowest BCUT2D eigenvalue weighted by atomic mass is 10.1. The van der Waals surface area contributed by atoms with Crippen LogP contribution in [0.25, 0.3) is 0 Å². The molecule has 1 atom stereocenters. The zero-order valence-electron chi connectivity index (χ0n) is 9.68. The summed E-state index contributed by atoms with van der Waals surface area (Å²) in [6.07, 6.45) is 0.733. The lowest BCUT2D eigenvalue weighted by molar-refractivity contribution is -0.151. The number of piperazine rings is 1. The molecule has 0 saturated carbocycles. The molecule has 0 spiro atoms. The third-order valence-electron chi connectivity index (χ3n) is 2.73. The Balaban J connectivity index is 2.56. The van der Waals surface area contributed by atoms with Crippen LogP contribution in [0.15, 0.2) is 0 Å². The van der Waals surface area contributed by atoms with E-state index in [1.54, 1.807) is 19.1 Å². The summed E-state index contributed by atoms with van der Waals surface area (Å²) in [4.78, 5) is 25.7. The predicted octanol–water partition coefficient (Wildman–Crippen LogP) is -0.750. The van der Waals surface area contributed by atoms with Crippen LogP contribution in [-0.2, 0) is 14.3 Å². The molecule has 1 rings (SSSR count). The molecule has 92 valence electrons. The number of rotatable bonds is 5. The fraction of sp³-hybridized carbons (Fsp3) is 0.800. The van der Waals surface area contributed by atoms with Crippen molar-refractivity contribution in [3.8, 4) is 0 Å². The van der Waals surface area contributed by atoms with Crippen LogP contribution in [0, 0.1) is 0 Å². The fourth-order valence-corrected chi connectivity index (χ4v) is 1.76. The molecule has 1 aliphatic heterocycles. The highest BCUT2D eigenvalue weighted by molar-refractivity contribution is 5.83. The molecule has 1 saturated heterocycles. The van der Waals surface area contributed by atoms with E-state index in [2.05, 4.69) is 0 Å². The Morgan fingerprint density at radius 2 is 2.31 bits per heavy atom. The monoisotopic (exact) mass is 230 g/mol. The van der Waals surface area contributed by atoms with Gasteiger partial charge in [0.05, 0.1) is 6.54 Å². The van der Waals surface area contributed by atoms with E-state index in [4.69, 9.17) is 9.84 Å². The van der Waals surface area contributed by atoms with Gasteiger partial charge in [-0.2, -0.15) is 0 Å². The van der Waals surface area contributed by atoms with Crippen molar-refractivity contribution < 1.29 is 19.4 Å². The second-order valence-electron chi connectivity index (χ2n) is 3.95. The highest BCUT2D eigenvalue weighted by Gasteiger charge is 2.34. The van der Waals surface area contributed by atoms with E-state index >= 15 is 0 Å². The van der Waals surface area contributed by atoms with E-state index in [0.717, 1.165) is 6.42 Å². The summed E-state index contributed by atoms with van der Waals surface area (Å²) in [7, 11) is 3.23. The van der Waals surface area contributed by atoms with E-state index in [9.17, 15) is 9.59 Å². The van der Waals surface area contributed by atoms with Gasteiger partial charge in [0.25, 0.3) is 0 Å². The van der Waals surface area contributed by atoms with Crippen molar-refractivity contribution in [1.29, 1.82) is 0 Å². The summed E-state index contributed by atoms with van der Waals surface area (Å²) in [6.45, 7) is 1.58. The van der Waals surface area contributed by atoms with E-state index in [-0.39, 0.29) is 19.0 Å². The van der Waals surface area contributed by atoms with Gasteiger partial charge in [-0.25, -0.2) is 0 Å². The van der Waals surface area contributed by atoms with Gasteiger partial charge in [0.1, 0.15) is 6.04 Å². The molecule has 1 amide bonds. The maximum absolute atomic E-state index is 11.5. The van der Waals surface area contributed by atoms with Gasteiger partial charge in [-0.05, 0) is 6.42 Å². The van der Waals surface area contributed by atoms with Crippen LogP contribution in [0.4, 0.5) is 0 Å². The number of hydrogen-bond donors (Lipinski definition) is 1. The molecule has 16 heavy (non-hydrogen) atoms. The van der Waals surface area contributed by atoms with Crippen LogP contribution in [0.5, 0.6) is 0 Å². The fourth-order valence-electron chi connectivity index (χ4n) is 1.76. The predicted molar refractivity (Wildman–Crippen MR) is 57.1 cm³/mol. The third kappa shape index (κ3) is 3.18. The highest BCUT2D eigenvalue weighted by Crippen LogP contribution is 2.10. The summed E-state index contributed by atoms with van der Waals surface area (Å²) in [5, 5.41) is 9.06. The number of aliphatic carboxylic acids is 1. The van der Waals surface area contributed by atoms with Crippen LogP contribution < -0.4 is 0 Å². The molecule has 6 nitrogen and oxygen atoms in total. The number of carbonyl (C=O) groups is 2. The highest BCUT2D eigenvalue weighted by atomic mass is 16.5. The van der Waals surface area contributed by atoms with E-state index in [1.165, 1.54) is 4.90 Å². The first-order valence-electron chi connectivity index (χ1n) is 5.26. The van der Waals surface area contributed by atoms with Gasteiger partial charge in [-0.15, -0.1) is 0 Å². The van der Waals surface area contributed by atoms with Crippen LogP contribution >= 0.6 is 0 Å². The van der Waals surface area contributed by atoms with E-state index < -0.39 is 12.0 Å². The lowest BCUT2D eigenvalue weighted by Gasteiger charge is -2.37. The molecular formula is C10H18N2O4. The minimum absolute atomic E-state index is 0.0325. The summed E-state index contributed by atoms with van der Waals surface area (Å²) in [5.41, 5.74) is 0. The first-order chi connectivity index (χ1) is 7.56. The molecule has 0 aromatic carbocycles. The number of likely N-dealkylation sites (N-methyl/N-ethyl adjacent to an activating group) is 1. The van der Waals surface area contributed by atoms with Gasteiger partial charge in [0.2, 0.25) is 5.91 Å². The van der Waals surface area contributed by atoms with Crippen molar-refractivity contribution in [1.82, 2.24) is 9.80 Å².